The van der Waals surface area contributed by atoms with Gasteiger partial charge >= 0.3 is 5.97 Å². The number of carboxylic acid groups (broad SMARTS) is 1. The number of carbonyl (C=O) groups is 1. The van der Waals surface area contributed by atoms with Crippen molar-refractivity contribution in [2.75, 3.05) is 0 Å². The molecule has 2 aromatic heterocycles. The zero-order chi connectivity index (χ0) is 13.4. The lowest BCUT2D eigenvalue weighted by Gasteiger charge is -1.97. The molecule has 1 aromatic carbocycles. The van der Waals surface area contributed by atoms with Crippen LogP contribution in [0.4, 0.5) is 0 Å². The summed E-state index contributed by atoms with van der Waals surface area (Å²) in [7, 11) is 0. The quantitative estimate of drug-likeness (QED) is 0.778. The van der Waals surface area contributed by atoms with Gasteiger partial charge in [0, 0.05) is 11.8 Å². The summed E-state index contributed by atoms with van der Waals surface area (Å²) in [6.07, 6.45) is 1.59. The second kappa shape index (κ2) is 4.40. The summed E-state index contributed by atoms with van der Waals surface area (Å²) >= 11 is 5.90. The van der Waals surface area contributed by atoms with E-state index in [2.05, 4.69) is 5.10 Å². The highest BCUT2D eigenvalue weighted by Gasteiger charge is 2.20. The molecule has 0 spiro atoms. The van der Waals surface area contributed by atoms with Crippen LogP contribution in [0.15, 0.2) is 48.7 Å². The molecular formula is C14H9ClN2O2. The molecule has 0 fully saturated rings. The number of benzene rings is 1. The van der Waals surface area contributed by atoms with E-state index in [0.29, 0.717) is 16.2 Å². The zero-order valence-corrected chi connectivity index (χ0v) is 10.5. The van der Waals surface area contributed by atoms with E-state index in [0.717, 1.165) is 5.56 Å². The minimum absolute atomic E-state index is 0.183. The zero-order valence-electron chi connectivity index (χ0n) is 9.75. The van der Waals surface area contributed by atoms with Crippen LogP contribution < -0.4 is 0 Å². The average molecular weight is 273 g/mol. The third-order valence-electron chi connectivity index (χ3n) is 2.85. The van der Waals surface area contributed by atoms with Crippen molar-refractivity contribution in [1.29, 1.82) is 0 Å². The number of aromatic nitrogens is 2. The number of nitrogens with zero attached hydrogens (tertiary/aromatic N) is 2. The molecule has 3 rings (SSSR count). The first-order chi connectivity index (χ1) is 9.16. The van der Waals surface area contributed by atoms with Gasteiger partial charge in [-0.2, -0.15) is 5.10 Å². The van der Waals surface area contributed by atoms with Crippen LogP contribution in [0, 0.1) is 0 Å². The first-order valence-electron chi connectivity index (χ1n) is 5.63. The van der Waals surface area contributed by atoms with E-state index < -0.39 is 5.97 Å². The summed E-state index contributed by atoms with van der Waals surface area (Å²) < 4.78 is 1.49. The number of halogens is 1. The number of rotatable bonds is 2. The fraction of sp³-hybridized carbons (Fsp3) is 0. The lowest BCUT2D eigenvalue weighted by molar-refractivity contribution is 0.0700. The van der Waals surface area contributed by atoms with E-state index in [1.165, 1.54) is 4.52 Å². The molecule has 94 valence electrons. The first kappa shape index (κ1) is 11.7. The number of aromatic carboxylic acids is 1. The van der Waals surface area contributed by atoms with Crippen LogP contribution in [0.5, 0.6) is 0 Å². The molecule has 3 aromatic rings. The van der Waals surface area contributed by atoms with Crippen molar-refractivity contribution in [3.05, 3.63) is 59.2 Å². The van der Waals surface area contributed by atoms with Crippen LogP contribution in [-0.4, -0.2) is 20.7 Å². The molecule has 4 nitrogen and oxygen atoms in total. The van der Waals surface area contributed by atoms with E-state index in [1.54, 1.807) is 18.3 Å². The Morgan fingerprint density at radius 1 is 1.16 bits per heavy atom. The van der Waals surface area contributed by atoms with Crippen LogP contribution in [0.1, 0.15) is 10.4 Å². The van der Waals surface area contributed by atoms with Crippen molar-refractivity contribution in [3.8, 4) is 11.3 Å². The van der Waals surface area contributed by atoms with Gasteiger partial charge < -0.3 is 5.11 Å². The SMILES string of the molecule is O=C(O)c1c(-c2ccccc2)nn2cc(Cl)ccc12. The van der Waals surface area contributed by atoms with Crippen molar-refractivity contribution >= 4 is 23.1 Å². The molecule has 0 unspecified atom stereocenters. The minimum Gasteiger partial charge on any atom is -0.478 e. The molecule has 5 heteroatoms. The highest BCUT2D eigenvalue weighted by Crippen LogP contribution is 2.27. The fourth-order valence-corrected chi connectivity index (χ4v) is 2.19. The summed E-state index contributed by atoms with van der Waals surface area (Å²) in [6.45, 7) is 0. The largest absolute Gasteiger partial charge is 0.478 e. The van der Waals surface area contributed by atoms with E-state index in [4.69, 9.17) is 11.6 Å². The monoisotopic (exact) mass is 272 g/mol. The molecule has 0 aliphatic carbocycles. The Bertz CT molecular complexity index is 766. The van der Waals surface area contributed by atoms with Gasteiger partial charge in [-0.25, -0.2) is 9.31 Å². The number of fused-ring (bicyclic) bond motifs is 1. The van der Waals surface area contributed by atoms with Gasteiger partial charge in [0.2, 0.25) is 0 Å². The van der Waals surface area contributed by atoms with Crippen LogP contribution in [0.3, 0.4) is 0 Å². The number of pyridine rings is 1. The lowest BCUT2D eigenvalue weighted by Crippen LogP contribution is -1.97. The maximum atomic E-state index is 11.5. The molecule has 0 saturated carbocycles. The fourth-order valence-electron chi connectivity index (χ4n) is 2.03. The molecule has 2 heterocycles. The number of carboxylic acids is 1. The van der Waals surface area contributed by atoms with Crippen molar-refractivity contribution in [3.63, 3.8) is 0 Å². The summed E-state index contributed by atoms with van der Waals surface area (Å²) in [6, 6.07) is 12.5. The summed E-state index contributed by atoms with van der Waals surface area (Å²) in [4.78, 5) is 11.5. The van der Waals surface area contributed by atoms with E-state index in [1.807, 2.05) is 30.3 Å². The minimum atomic E-state index is -1.00. The highest BCUT2D eigenvalue weighted by atomic mass is 35.5. The Balaban J connectivity index is 2.35. The predicted molar refractivity (Wildman–Crippen MR) is 72.6 cm³/mol. The number of hydrogen-bond donors (Lipinski definition) is 1. The van der Waals surface area contributed by atoms with Gasteiger partial charge in [0.05, 0.1) is 10.5 Å². The molecule has 19 heavy (non-hydrogen) atoms. The highest BCUT2D eigenvalue weighted by molar-refractivity contribution is 6.30. The molecule has 0 bridgehead atoms. The normalized spacial score (nSPS) is 10.8. The Kier molecular flexibility index (Phi) is 2.72. The standard InChI is InChI=1S/C14H9ClN2O2/c15-10-6-7-11-12(14(18)19)13(16-17(11)8-10)9-4-2-1-3-5-9/h1-8H,(H,18,19). The van der Waals surface area contributed by atoms with E-state index in [9.17, 15) is 9.90 Å². The molecule has 0 amide bonds. The summed E-state index contributed by atoms with van der Waals surface area (Å²) in [5.41, 5.74) is 1.91. The Morgan fingerprint density at radius 2 is 1.89 bits per heavy atom. The van der Waals surface area contributed by atoms with Crippen molar-refractivity contribution in [2.45, 2.75) is 0 Å². The molecule has 0 atom stereocenters. The van der Waals surface area contributed by atoms with Gasteiger partial charge in [-0.15, -0.1) is 0 Å². The third kappa shape index (κ3) is 1.96. The average Bonchev–Trinajstić information content (AvgIpc) is 2.78. The Hall–Kier alpha value is -2.33. The lowest BCUT2D eigenvalue weighted by atomic mass is 10.1. The van der Waals surface area contributed by atoms with Crippen LogP contribution in [0.25, 0.3) is 16.8 Å². The van der Waals surface area contributed by atoms with Gasteiger partial charge in [-0.1, -0.05) is 41.9 Å². The molecular weight excluding hydrogens is 264 g/mol. The second-order valence-corrected chi connectivity index (χ2v) is 4.51. The molecule has 0 aliphatic heterocycles. The maximum absolute atomic E-state index is 11.5. The summed E-state index contributed by atoms with van der Waals surface area (Å²) in [5.74, 6) is -1.00. The summed E-state index contributed by atoms with van der Waals surface area (Å²) in [5, 5.41) is 14.2. The van der Waals surface area contributed by atoms with Gasteiger partial charge in [0.15, 0.2) is 0 Å². The van der Waals surface area contributed by atoms with Crippen LogP contribution in [-0.2, 0) is 0 Å². The second-order valence-electron chi connectivity index (χ2n) is 4.07. The Labute approximate surface area is 113 Å². The van der Waals surface area contributed by atoms with Gasteiger partial charge in [-0.05, 0) is 12.1 Å². The van der Waals surface area contributed by atoms with Gasteiger partial charge in [-0.3, -0.25) is 0 Å². The smallest absolute Gasteiger partial charge is 0.340 e. The van der Waals surface area contributed by atoms with Crippen molar-refractivity contribution in [2.24, 2.45) is 0 Å². The molecule has 1 N–H and O–H groups in total. The van der Waals surface area contributed by atoms with Crippen molar-refractivity contribution < 1.29 is 9.90 Å². The van der Waals surface area contributed by atoms with E-state index >= 15 is 0 Å². The number of hydrogen-bond acceptors (Lipinski definition) is 2. The Morgan fingerprint density at radius 3 is 2.58 bits per heavy atom. The van der Waals surface area contributed by atoms with Crippen LogP contribution >= 0.6 is 11.6 Å². The maximum Gasteiger partial charge on any atom is 0.340 e. The third-order valence-corrected chi connectivity index (χ3v) is 3.08. The molecule has 0 radical (unpaired) electrons. The first-order valence-corrected chi connectivity index (χ1v) is 6.01. The topological polar surface area (TPSA) is 54.6 Å². The van der Waals surface area contributed by atoms with E-state index in [-0.39, 0.29) is 5.56 Å². The predicted octanol–water partition coefficient (Wildman–Crippen LogP) is 3.35. The van der Waals surface area contributed by atoms with Crippen molar-refractivity contribution in [1.82, 2.24) is 9.61 Å². The van der Waals surface area contributed by atoms with Crippen LogP contribution in [0.2, 0.25) is 5.02 Å². The van der Waals surface area contributed by atoms with Gasteiger partial charge in [0.25, 0.3) is 0 Å². The van der Waals surface area contributed by atoms with Gasteiger partial charge in [0.1, 0.15) is 11.3 Å². The molecule has 0 aliphatic rings. The molecule has 0 saturated heterocycles.